The van der Waals surface area contributed by atoms with Crippen LogP contribution in [0.2, 0.25) is 0 Å². The highest BCUT2D eigenvalue weighted by Crippen LogP contribution is 2.26. The van der Waals surface area contributed by atoms with Gasteiger partial charge in [0.15, 0.2) is 0 Å². The summed E-state index contributed by atoms with van der Waals surface area (Å²) >= 11 is 0. The maximum absolute atomic E-state index is 11.7. The first kappa shape index (κ1) is 10.4. The smallest absolute Gasteiger partial charge is 0.306 e. The number of ether oxygens (including phenoxy) is 2. The molecule has 1 saturated heterocycles. The van der Waals surface area contributed by atoms with Crippen molar-refractivity contribution in [1.82, 2.24) is 5.06 Å². The molecule has 1 heterocycles. The summed E-state index contributed by atoms with van der Waals surface area (Å²) in [5, 5.41) is 1.26. The van der Waals surface area contributed by atoms with Crippen molar-refractivity contribution in [3.63, 3.8) is 0 Å². The second-order valence-electron chi connectivity index (χ2n) is 2.85. The van der Waals surface area contributed by atoms with Gasteiger partial charge in [-0.1, -0.05) is 0 Å². The van der Waals surface area contributed by atoms with E-state index in [1.807, 2.05) is 0 Å². The molecule has 0 aliphatic carbocycles. The second kappa shape index (κ2) is 4.04. The molecule has 1 aliphatic heterocycles. The Morgan fingerprint density at radius 1 is 1.31 bits per heavy atom. The van der Waals surface area contributed by atoms with E-state index in [0.29, 0.717) is 13.0 Å². The number of nitrogens with zero attached hydrogens (tertiary/aromatic N) is 1. The van der Waals surface area contributed by atoms with Gasteiger partial charge in [-0.15, -0.1) is 0 Å². The normalized spacial score (nSPS) is 22.1. The Bertz CT molecular complexity index is 191. The summed E-state index contributed by atoms with van der Waals surface area (Å²) in [5.41, 5.74) is 0. The first-order valence-corrected chi connectivity index (χ1v) is 4.16. The molecule has 0 unspecified atom stereocenters. The van der Waals surface area contributed by atoms with Gasteiger partial charge in [-0.25, -0.2) is 5.06 Å². The van der Waals surface area contributed by atoms with Crippen molar-refractivity contribution < 1.29 is 19.1 Å². The summed E-state index contributed by atoms with van der Waals surface area (Å²) in [4.78, 5) is 16.6. The summed E-state index contributed by atoms with van der Waals surface area (Å²) in [6.45, 7) is 0.587. The van der Waals surface area contributed by atoms with Crippen LogP contribution in [0.4, 0.5) is 0 Å². The number of piperidine rings is 1. The summed E-state index contributed by atoms with van der Waals surface area (Å²) in [6, 6.07) is 0. The first-order chi connectivity index (χ1) is 6.20. The van der Waals surface area contributed by atoms with Gasteiger partial charge >= 0.3 is 5.91 Å². The number of hydroxylamine groups is 2. The van der Waals surface area contributed by atoms with Crippen LogP contribution < -0.4 is 0 Å². The van der Waals surface area contributed by atoms with E-state index in [1.165, 1.54) is 26.4 Å². The maximum Gasteiger partial charge on any atom is 0.306 e. The predicted octanol–water partition coefficient (Wildman–Crippen LogP) is 0.159. The number of carbonyl (C=O) groups excluding carboxylic acids is 1. The second-order valence-corrected chi connectivity index (χ2v) is 2.85. The van der Waals surface area contributed by atoms with Gasteiger partial charge in [-0.2, -0.15) is 0 Å². The highest BCUT2D eigenvalue weighted by Gasteiger charge is 2.45. The van der Waals surface area contributed by atoms with Crippen LogP contribution in [0.1, 0.15) is 12.8 Å². The molecule has 0 spiro atoms. The summed E-state index contributed by atoms with van der Waals surface area (Å²) in [5.74, 6) is -1.42. The fourth-order valence-electron chi connectivity index (χ4n) is 1.49. The topological polar surface area (TPSA) is 48.0 Å². The number of amides is 1. The van der Waals surface area contributed by atoms with E-state index >= 15 is 0 Å². The third-order valence-corrected chi connectivity index (χ3v) is 2.30. The molecule has 1 amide bonds. The van der Waals surface area contributed by atoms with Crippen LogP contribution in [-0.2, 0) is 19.1 Å². The molecule has 0 N–H and O–H groups in total. The molecule has 13 heavy (non-hydrogen) atoms. The zero-order valence-electron chi connectivity index (χ0n) is 8.20. The van der Waals surface area contributed by atoms with Crippen LogP contribution >= 0.6 is 0 Å². The Kier molecular flexibility index (Phi) is 3.24. The monoisotopic (exact) mass is 189 g/mol. The molecule has 5 nitrogen and oxygen atoms in total. The van der Waals surface area contributed by atoms with Crippen LogP contribution in [0.25, 0.3) is 0 Å². The average Bonchev–Trinajstić information content (AvgIpc) is 2.19. The van der Waals surface area contributed by atoms with E-state index in [4.69, 9.17) is 14.3 Å². The zero-order chi connectivity index (χ0) is 9.90. The Morgan fingerprint density at radius 3 is 2.38 bits per heavy atom. The van der Waals surface area contributed by atoms with Crippen molar-refractivity contribution in [3.05, 3.63) is 0 Å². The summed E-state index contributed by atoms with van der Waals surface area (Å²) < 4.78 is 10.2. The predicted molar refractivity (Wildman–Crippen MR) is 44.7 cm³/mol. The third kappa shape index (κ3) is 1.67. The number of carbonyl (C=O) groups is 1. The van der Waals surface area contributed by atoms with Gasteiger partial charge in [0.05, 0.1) is 7.11 Å². The van der Waals surface area contributed by atoms with E-state index in [9.17, 15) is 4.79 Å². The van der Waals surface area contributed by atoms with E-state index < -0.39 is 5.79 Å². The molecule has 76 valence electrons. The molecule has 0 radical (unpaired) electrons. The van der Waals surface area contributed by atoms with Crippen molar-refractivity contribution in [2.24, 2.45) is 0 Å². The molecular weight excluding hydrogens is 174 g/mol. The van der Waals surface area contributed by atoms with E-state index in [-0.39, 0.29) is 5.91 Å². The molecule has 0 aromatic carbocycles. The van der Waals surface area contributed by atoms with Crippen molar-refractivity contribution >= 4 is 5.91 Å². The van der Waals surface area contributed by atoms with E-state index in [1.54, 1.807) is 0 Å². The first-order valence-electron chi connectivity index (χ1n) is 4.16. The molecule has 1 aliphatic rings. The fourth-order valence-corrected chi connectivity index (χ4v) is 1.49. The minimum absolute atomic E-state index is 0.272. The average molecular weight is 189 g/mol. The van der Waals surface area contributed by atoms with Crippen LogP contribution in [0.5, 0.6) is 0 Å². The molecule has 0 aromatic rings. The largest absolute Gasteiger partial charge is 0.345 e. The summed E-state index contributed by atoms with van der Waals surface area (Å²) in [6.07, 6.45) is 1.37. The maximum atomic E-state index is 11.7. The van der Waals surface area contributed by atoms with E-state index in [2.05, 4.69) is 0 Å². The van der Waals surface area contributed by atoms with Crippen molar-refractivity contribution in [2.45, 2.75) is 18.6 Å². The van der Waals surface area contributed by atoms with Crippen LogP contribution in [-0.4, -0.2) is 44.6 Å². The molecule has 0 atom stereocenters. The highest BCUT2D eigenvalue weighted by molar-refractivity contribution is 5.83. The molecule has 0 saturated carbocycles. The lowest BCUT2D eigenvalue weighted by Gasteiger charge is -2.37. The SMILES string of the molecule is CON1CCCC(OC)(OC)C1=O. The van der Waals surface area contributed by atoms with Crippen LogP contribution in [0.3, 0.4) is 0 Å². The Balaban J connectivity index is 2.79. The number of hydrogen-bond acceptors (Lipinski definition) is 4. The lowest BCUT2D eigenvalue weighted by molar-refractivity contribution is -0.260. The zero-order valence-corrected chi connectivity index (χ0v) is 8.20. The lowest BCUT2D eigenvalue weighted by atomic mass is 10.1. The van der Waals surface area contributed by atoms with Gasteiger partial charge in [0.25, 0.3) is 5.79 Å². The number of rotatable bonds is 3. The van der Waals surface area contributed by atoms with Gasteiger partial charge in [0.2, 0.25) is 0 Å². The molecular formula is C8H15NO4. The lowest BCUT2D eigenvalue weighted by Crippen LogP contribution is -2.55. The quantitative estimate of drug-likeness (QED) is 0.593. The molecule has 0 bridgehead atoms. The van der Waals surface area contributed by atoms with E-state index in [0.717, 1.165) is 6.42 Å². The molecule has 0 aromatic heterocycles. The van der Waals surface area contributed by atoms with Crippen molar-refractivity contribution in [3.8, 4) is 0 Å². The van der Waals surface area contributed by atoms with Crippen LogP contribution in [0.15, 0.2) is 0 Å². The summed E-state index contributed by atoms with van der Waals surface area (Å²) in [7, 11) is 4.38. The Hall–Kier alpha value is -0.650. The molecule has 1 fully saturated rings. The standard InChI is InChI=1S/C8H15NO4/c1-11-8(12-2)5-4-6-9(13-3)7(8)10/h4-6H2,1-3H3. The molecule has 5 heteroatoms. The minimum Gasteiger partial charge on any atom is -0.345 e. The number of methoxy groups -OCH3 is 2. The Labute approximate surface area is 77.5 Å². The van der Waals surface area contributed by atoms with Gasteiger partial charge in [-0.3, -0.25) is 9.63 Å². The van der Waals surface area contributed by atoms with Gasteiger partial charge in [-0.05, 0) is 6.42 Å². The highest BCUT2D eigenvalue weighted by atomic mass is 16.7. The Morgan fingerprint density at radius 2 is 1.92 bits per heavy atom. The van der Waals surface area contributed by atoms with Gasteiger partial charge in [0, 0.05) is 27.2 Å². The third-order valence-electron chi connectivity index (χ3n) is 2.30. The molecule has 1 rings (SSSR count). The van der Waals surface area contributed by atoms with Crippen molar-refractivity contribution in [2.75, 3.05) is 27.9 Å². The minimum atomic E-state index is -1.14. The van der Waals surface area contributed by atoms with Crippen molar-refractivity contribution in [1.29, 1.82) is 0 Å². The van der Waals surface area contributed by atoms with Gasteiger partial charge in [0.1, 0.15) is 0 Å². The number of hydrogen-bond donors (Lipinski definition) is 0. The van der Waals surface area contributed by atoms with Gasteiger partial charge < -0.3 is 9.47 Å². The van der Waals surface area contributed by atoms with Crippen LogP contribution in [0, 0.1) is 0 Å². The fraction of sp³-hybridized carbons (Fsp3) is 0.875.